The summed E-state index contributed by atoms with van der Waals surface area (Å²) >= 11 is 0. The second-order valence-electron chi connectivity index (χ2n) is 4.50. The van der Waals surface area contributed by atoms with Crippen LogP contribution >= 0.6 is 0 Å². The Bertz CT molecular complexity index is 241. The number of hydrogen-bond acceptors (Lipinski definition) is 2. The van der Waals surface area contributed by atoms with Crippen LogP contribution in [-0.2, 0) is 9.53 Å². The molecular weight excluding hydrogens is 200 g/mol. The molecule has 0 heterocycles. The standard InChI is InChI=1S/C14H26O2/c1-6-8-13(7-2)10-9-11(3)12(4)14(15)16-5/h13H,6-10H2,1-5H3. The van der Waals surface area contributed by atoms with Gasteiger partial charge in [0.1, 0.15) is 0 Å². The Labute approximate surface area is 100 Å². The molecule has 0 aliphatic carbocycles. The van der Waals surface area contributed by atoms with E-state index in [0.29, 0.717) is 0 Å². The highest BCUT2D eigenvalue weighted by Crippen LogP contribution is 2.21. The molecule has 2 heteroatoms. The van der Waals surface area contributed by atoms with Crippen LogP contribution in [0, 0.1) is 5.92 Å². The summed E-state index contributed by atoms with van der Waals surface area (Å²) in [6.45, 7) is 8.35. The van der Waals surface area contributed by atoms with Crippen LogP contribution in [0.4, 0.5) is 0 Å². The number of carbonyl (C=O) groups excluding carboxylic acids is 1. The van der Waals surface area contributed by atoms with Crippen LogP contribution in [-0.4, -0.2) is 13.1 Å². The van der Waals surface area contributed by atoms with E-state index in [1.165, 1.54) is 38.4 Å². The monoisotopic (exact) mass is 226 g/mol. The van der Waals surface area contributed by atoms with Crippen molar-refractivity contribution in [2.24, 2.45) is 5.92 Å². The highest BCUT2D eigenvalue weighted by Gasteiger charge is 2.10. The number of methoxy groups -OCH3 is 1. The summed E-state index contributed by atoms with van der Waals surface area (Å²) in [7, 11) is 1.44. The minimum atomic E-state index is -0.193. The zero-order chi connectivity index (χ0) is 12.6. The summed E-state index contributed by atoms with van der Waals surface area (Å²) in [4.78, 5) is 11.3. The number of allylic oxidation sites excluding steroid dienone is 1. The lowest BCUT2D eigenvalue weighted by Gasteiger charge is -2.14. The fraction of sp³-hybridized carbons (Fsp3) is 0.786. The lowest BCUT2D eigenvalue weighted by Crippen LogP contribution is -2.05. The molecule has 0 fully saturated rings. The third-order valence-electron chi connectivity index (χ3n) is 3.33. The third-order valence-corrected chi connectivity index (χ3v) is 3.33. The van der Waals surface area contributed by atoms with Crippen molar-refractivity contribution in [3.05, 3.63) is 11.1 Å². The number of ether oxygens (including phenoxy) is 1. The Hall–Kier alpha value is -0.790. The molecule has 0 spiro atoms. The van der Waals surface area contributed by atoms with Gasteiger partial charge in [-0.2, -0.15) is 0 Å². The van der Waals surface area contributed by atoms with Gasteiger partial charge in [0.25, 0.3) is 0 Å². The Morgan fingerprint density at radius 1 is 1.19 bits per heavy atom. The first-order valence-electron chi connectivity index (χ1n) is 6.31. The SMILES string of the molecule is CCCC(CC)CCC(C)=C(C)C(=O)OC. The number of hydrogen-bond donors (Lipinski definition) is 0. The van der Waals surface area contributed by atoms with Crippen LogP contribution in [0.2, 0.25) is 0 Å². The van der Waals surface area contributed by atoms with Gasteiger partial charge in [-0.1, -0.05) is 38.7 Å². The third kappa shape index (κ3) is 5.34. The molecule has 0 saturated carbocycles. The molecule has 16 heavy (non-hydrogen) atoms. The molecule has 1 atom stereocenters. The van der Waals surface area contributed by atoms with E-state index in [0.717, 1.165) is 17.9 Å². The minimum Gasteiger partial charge on any atom is -0.466 e. The van der Waals surface area contributed by atoms with Crippen molar-refractivity contribution in [3.63, 3.8) is 0 Å². The molecule has 0 aliphatic heterocycles. The molecule has 0 amide bonds. The average molecular weight is 226 g/mol. The van der Waals surface area contributed by atoms with Gasteiger partial charge < -0.3 is 4.74 Å². The fourth-order valence-corrected chi connectivity index (χ4v) is 1.90. The highest BCUT2D eigenvalue weighted by molar-refractivity contribution is 5.88. The Morgan fingerprint density at radius 2 is 1.81 bits per heavy atom. The molecule has 0 aromatic rings. The van der Waals surface area contributed by atoms with E-state index in [9.17, 15) is 4.79 Å². The number of carbonyl (C=O) groups is 1. The van der Waals surface area contributed by atoms with Crippen molar-refractivity contribution >= 4 is 5.97 Å². The van der Waals surface area contributed by atoms with Gasteiger partial charge in [0.05, 0.1) is 7.11 Å². The molecule has 0 N–H and O–H groups in total. The number of rotatable bonds is 7. The predicted molar refractivity (Wildman–Crippen MR) is 68.3 cm³/mol. The molecule has 1 unspecified atom stereocenters. The van der Waals surface area contributed by atoms with Crippen LogP contribution in [0.15, 0.2) is 11.1 Å². The van der Waals surface area contributed by atoms with Gasteiger partial charge in [-0.15, -0.1) is 0 Å². The summed E-state index contributed by atoms with van der Waals surface area (Å²) in [5, 5.41) is 0. The van der Waals surface area contributed by atoms with Crippen LogP contribution in [0.1, 0.15) is 59.8 Å². The minimum absolute atomic E-state index is 0.193. The van der Waals surface area contributed by atoms with Crippen LogP contribution in [0.25, 0.3) is 0 Å². The topological polar surface area (TPSA) is 26.3 Å². The zero-order valence-electron chi connectivity index (χ0n) is 11.4. The maximum absolute atomic E-state index is 11.3. The van der Waals surface area contributed by atoms with Crippen molar-refractivity contribution in [1.29, 1.82) is 0 Å². The van der Waals surface area contributed by atoms with E-state index in [1.54, 1.807) is 0 Å². The van der Waals surface area contributed by atoms with Gasteiger partial charge in [-0.25, -0.2) is 4.79 Å². The molecule has 0 aromatic carbocycles. The van der Waals surface area contributed by atoms with Crippen molar-refractivity contribution in [2.45, 2.75) is 59.8 Å². The average Bonchev–Trinajstić information content (AvgIpc) is 2.31. The molecule has 2 nitrogen and oxygen atoms in total. The van der Waals surface area contributed by atoms with E-state index >= 15 is 0 Å². The van der Waals surface area contributed by atoms with Crippen LogP contribution in [0.3, 0.4) is 0 Å². The largest absolute Gasteiger partial charge is 0.466 e. The molecule has 0 bridgehead atoms. The van der Waals surface area contributed by atoms with E-state index in [1.807, 2.05) is 13.8 Å². The quantitative estimate of drug-likeness (QED) is 0.482. The molecule has 0 aliphatic rings. The smallest absolute Gasteiger partial charge is 0.333 e. The van der Waals surface area contributed by atoms with E-state index in [2.05, 4.69) is 13.8 Å². The molecule has 0 radical (unpaired) electrons. The second-order valence-corrected chi connectivity index (χ2v) is 4.50. The van der Waals surface area contributed by atoms with E-state index in [-0.39, 0.29) is 5.97 Å². The first-order valence-corrected chi connectivity index (χ1v) is 6.31. The summed E-state index contributed by atoms with van der Waals surface area (Å²) in [5.41, 5.74) is 1.94. The van der Waals surface area contributed by atoms with Crippen molar-refractivity contribution in [3.8, 4) is 0 Å². The normalized spacial score (nSPS) is 14.3. The van der Waals surface area contributed by atoms with Crippen molar-refractivity contribution in [2.75, 3.05) is 7.11 Å². The van der Waals surface area contributed by atoms with Crippen LogP contribution in [0.5, 0.6) is 0 Å². The lowest BCUT2D eigenvalue weighted by molar-refractivity contribution is -0.136. The second kappa shape index (κ2) is 8.37. The predicted octanol–water partition coefficient (Wildman–Crippen LogP) is 4.10. The Morgan fingerprint density at radius 3 is 2.25 bits per heavy atom. The van der Waals surface area contributed by atoms with E-state index in [4.69, 9.17) is 4.74 Å². The van der Waals surface area contributed by atoms with Gasteiger partial charge in [0, 0.05) is 5.57 Å². The van der Waals surface area contributed by atoms with E-state index < -0.39 is 0 Å². The van der Waals surface area contributed by atoms with Gasteiger partial charge in [-0.05, 0) is 32.6 Å². The Kier molecular flexibility index (Phi) is 7.96. The zero-order valence-corrected chi connectivity index (χ0v) is 11.4. The maximum atomic E-state index is 11.3. The lowest BCUT2D eigenvalue weighted by atomic mass is 9.92. The van der Waals surface area contributed by atoms with Crippen molar-refractivity contribution < 1.29 is 9.53 Å². The molecule has 0 rings (SSSR count). The van der Waals surface area contributed by atoms with Crippen LogP contribution < -0.4 is 0 Å². The number of esters is 1. The molecule has 0 aromatic heterocycles. The van der Waals surface area contributed by atoms with Gasteiger partial charge in [-0.3, -0.25) is 0 Å². The highest BCUT2D eigenvalue weighted by atomic mass is 16.5. The van der Waals surface area contributed by atoms with Gasteiger partial charge in [0.2, 0.25) is 0 Å². The molecular formula is C14H26O2. The summed E-state index contributed by atoms with van der Waals surface area (Å²) in [6.07, 6.45) is 5.97. The first-order chi connectivity index (χ1) is 7.56. The maximum Gasteiger partial charge on any atom is 0.333 e. The van der Waals surface area contributed by atoms with Gasteiger partial charge >= 0.3 is 5.97 Å². The molecule has 0 saturated heterocycles. The summed E-state index contributed by atoms with van der Waals surface area (Å²) < 4.78 is 4.72. The Balaban J connectivity index is 4.22. The summed E-state index contributed by atoms with van der Waals surface area (Å²) in [6, 6.07) is 0. The van der Waals surface area contributed by atoms with Gasteiger partial charge in [0.15, 0.2) is 0 Å². The first kappa shape index (κ1) is 15.2. The molecule has 94 valence electrons. The fourth-order valence-electron chi connectivity index (χ4n) is 1.90. The summed E-state index contributed by atoms with van der Waals surface area (Å²) in [5.74, 6) is 0.603. The van der Waals surface area contributed by atoms with Crippen molar-refractivity contribution in [1.82, 2.24) is 0 Å².